The van der Waals surface area contributed by atoms with Crippen LogP contribution in [-0.2, 0) is 6.42 Å². The molecular formula is C17H21BrFN. The Bertz CT molecular complexity index is 516. The lowest BCUT2D eigenvalue weighted by Crippen LogP contribution is -2.36. The van der Waals surface area contributed by atoms with Gasteiger partial charge in [-0.25, -0.2) is 4.39 Å². The quantitative estimate of drug-likeness (QED) is 0.844. The maximum absolute atomic E-state index is 14.1. The highest BCUT2D eigenvalue weighted by Crippen LogP contribution is 2.60. The van der Waals surface area contributed by atoms with Crippen LogP contribution in [0.25, 0.3) is 0 Å². The summed E-state index contributed by atoms with van der Waals surface area (Å²) in [7, 11) is 0. The molecule has 0 spiro atoms. The number of hydrogen-bond acceptors (Lipinski definition) is 1. The molecule has 0 heterocycles. The summed E-state index contributed by atoms with van der Waals surface area (Å²) >= 11 is 3.34. The fraction of sp³-hybridized carbons (Fsp3) is 0.647. The lowest BCUT2D eigenvalue weighted by atomic mass is 9.77. The van der Waals surface area contributed by atoms with Crippen molar-refractivity contribution in [1.29, 1.82) is 0 Å². The van der Waals surface area contributed by atoms with Crippen molar-refractivity contribution in [2.75, 3.05) is 6.54 Å². The number of benzene rings is 1. The Labute approximate surface area is 128 Å². The molecule has 0 aliphatic heterocycles. The molecule has 20 heavy (non-hydrogen) atoms. The fourth-order valence-electron chi connectivity index (χ4n) is 4.07. The van der Waals surface area contributed by atoms with Gasteiger partial charge < -0.3 is 5.32 Å². The summed E-state index contributed by atoms with van der Waals surface area (Å²) in [5.74, 6) is 1.83. The molecule has 2 atom stereocenters. The minimum Gasteiger partial charge on any atom is -0.313 e. The molecule has 3 aliphatic carbocycles. The van der Waals surface area contributed by atoms with Crippen molar-refractivity contribution in [2.45, 2.75) is 44.6 Å². The van der Waals surface area contributed by atoms with Gasteiger partial charge in [0.15, 0.2) is 0 Å². The van der Waals surface area contributed by atoms with Crippen molar-refractivity contribution in [3.05, 3.63) is 34.1 Å². The molecule has 3 fully saturated rings. The second-order valence-electron chi connectivity index (χ2n) is 7.23. The van der Waals surface area contributed by atoms with E-state index in [1.165, 1.54) is 32.1 Å². The molecule has 1 aromatic carbocycles. The molecule has 0 bridgehead atoms. The summed E-state index contributed by atoms with van der Waals surface area (Å²) in [4.78, 5) is 0. The first-order valence-electron chi connectivity index (χ1n) is 7.81. The standard InChI is InChI=1S/C17H21BrFN/c18-14-2-1-11(16(19)6-14)7-17(10-20-15-3-4-15)8-12-5-13(12)9-17/h1-2,6,12-13,15,20H,3-5,7-10H2. The van der Waals surface area contributed by atoms with Gasteiger partial charge in [0.25, 0.3) is 0 Å². The fourth-order valence-corrected chi connectivity index (χ4v) is 4.41. The molecule has 3 heteroatoms. The van der Waals surface area contributed by atoms with Gasteiger partial charge in [-0.05, 0) is 73.5 Å². The highest BCUT2D eigenvalue weighted by Gasteiger charge is 2.53. The van der Waals surface area contributed by atoms with E-state index in [2.05, 4.69) is 21.2 Å². The molecule has 0 aromatic heterocycles. The monoisotopic (exact) mass is 337 g/mol. The number of rotatable bonds is 5. The average Bonchev–Trinajstić information content (AvgIpc) is 3.32. The Morgan fingerprint density at radius 3 is 2.65 bits per heavy atom. The third kappa shape index (κ3) is 2.67. The highest BCUT2D eigenvalue weighted by atomic mass is 79.9. The predicted octanol–water partition coefficient (Wildman–Crippen LogP) is 4.30. The molecular weight excluding hydrogens is 317 g/mol. The molecule has 3 aliphatic rings. The van der Waals surface area contributed by atoms with Gasteiger partial charge in [0.2, 0.25) is 0 Å². The van der Waals surface area contributed by atoms with Gasteiger partial charge in [0.05, 0.1) is 0 Å². The van der Waals surface area contributed by atoms with Crippen LogP contribution in [0.3, 0.4) is 0 Å². The molecule has 1 nitrogen and oxygen atoms in total. The largest absolute Gasteiger partial charge is 0.313 e. The summed E-state index contributed by atoms with van der Waals surface area (Å²) in [5.41, 5.74) is 1.21. The number of nitrogens with one attached hydrogen (secondary N) is 1. The van der Waals surface area contributed by atoms with Crippen LogP contribution >= 0.6 is 15.9 Å². The van der Waals surface area contributed by atoms with Crippen molar-refractivity contribution in [3.63, 3.8) is 0 Å². The lowest BCUT2D eigenvalue weighted by Gasteiger charge is -2.32. The minimum atomic E-state index is -0.0502. The van der Waals surface area contributed by atoms with Crippen LogP contribution in [0.1, 0.15) is 37.7 Å². The zero-order valence-corrected chi connectivity index (χ0v) is 13.3. The van der Waals surface area contributed by atoms with E-state index in [-0.39, 0.29) is 5.82 Å². The molecule has 0 radical (unpaired) electrons. The molecule has 1 aromatic rings. The van der Waals surface area contributed by atoms with E-state index in [9.17, 15) is 4.39 Å². The van der Waals surface area contributed by atoms with Gasteiger partial charge in [0.1, 0.15) is 5.82 Å². The second kappa shape index (κ2) is 4.81. The SMILES string of the molecule is Fc1cc(Br)ccc1CC1(CNC2CC2)CC2CC2C1. The van der Waals surface area contributed by atoms with Gasteiger partial charge >= 0.3 is 0 Å². The maximum Gasteiger partial charge on any atom is 0.127 e. The smallest absolute Gasteiger partial charge is 0.127 e. The van der Waals surface area contributed by atoms with Crippen molar-refractivity contribution in [2.24, 2.45) is 17.3 Å². The number of fused-ring (bicyclic) bond motifs is 1. The van der Waals surface area contributed by atoms with E-state index >= 15 is 0 Å². The predicted molar refractivity (Wildman–Crippen MR) is 82.1 cm³/mol. The van der Waals surface area contributed by atoms with Gasteiger partial charge in [-0.1, -0.05) is 22.0 Å². The Morgan fingerprint density at radius 2 is 2.00 bits per heavy atom. The molecule has 108 valence electrons. The van der Waals surface area contributed by atoms with Gasteiger partial charge in [0, 0.05) is 17.1 Å². The Kier molecular flexibility index (Phi) is 3.19. The first kappa shape index (κ1) is 13.3. The average molecular weight is 338 g/mol. The van der Waals surface area contributed by atoms with E-state index in [1.807, 2.05) is 12.1 Å². The van der Waals surface area contributed by atoms with Crippen LogP contribution in [-0.4, -0.2) is 12.6 Å². The van der Waals surface area contributed by atoms with E-state index < -0.39 is 0 Å². The normalized spacial score (nSPS) is 35.1. The Morgan fingerprint density at radius 1 is 1.25 bits per heavy atom. The molecule has 4 rings (SSSR count). The molecule has 2 unspecified atom stereocenters. The van der Waals surface area contributed by atoms with E-state index in [4.69, 9.17) is 0 Å². The number of halogens is 2. The first-order valence-corrected chi connectivity index (χ1v) is 8.60. The Hall–Kier alpha value is -0.410. The van der Waals surface area contributed by atoms with Crippen molar-refractivity contribution in [3.8, 4) is 0 Å². The summed E-state index contributed by atoms with van der Waals surface area (Å²) in [6.07, 6.45) is 7.58. The Balaban J connectivity index is 1.51. The van der Waals surface area contributed by atoms with Crippen molar-refractivity contribution < 1.29 is 4.39 Å². The van der Waals surface area contributed by atoms with Crippen LogP contribution < -0.4 is 5.32 Å². The van der Waals surface area contributed by atoms with Gasteiger partial charge in [-0.2, -0.15) is 0 Å². The minimum absolute atomic E-state index is 0.0502. The molecule has 3 saturated carbocycles. The van der Waals surface area contributed by atoms with Gasteiger partial charge in [-0.15, -0.1) is 0 Å². The zero-order chi connectivity index (χ0) is 13.7. The summed E-state index contributed by atoms with van der Waals surface area (Å²) in [5, 5.41) is 3.70. The van der Waals surface area contributed by atoms with Crippen molar-refractivity contribution >= 4 is 15.9 Å². The molecule has 1 N–H and O–H groups in total. The third-order valence-corrected chi connectivity index (χ3v) is 5.88. The van der Waals surface area contributed by atoms with Crippen LogP contribution in [0.2, 0.25) is 0 Å². The van der Waals surface area contributed by atoms with Crippen LogP contribution in [0.5, 0.6) is 0 Å². The topological polar surface area (TPSA) is 12.0 Å². The lowest BCUT2D eigenvalue weighted by molar-refractivity contribution is 0.245. The van der Waals surface area contributed by atoms with Crippen molar-refractivity contribution in [1.82, 2.24) is 5.32 Å². The van der Waals surface area contributed by atoms with Crippen LogP contribution in [0, 0.1) is 23.1 Å². The molecule has 0 amide bonds. The number of hydrogen-bond donors (Lipinski definition) is 1. The summed E-state index contributed by atoms with van der Waals surface area (Å²) < 4.78 is 15.0. The first-order chi connectivity index (χ1) is 9.63. The van der Waals surface area contributed by atoms with Gasteiger partial charge in [-0.3, -0.25) is 0 Å². The zero-order valence-electron chi connectivity index (χ0n) is 11.7. The third-order valence-electron chi connectivity index (χ3n) is 5.38. The second-order valence-corrected chi connectivity index (χ2v) is 8.15. The van der Waals surface area contributed by atoms with Crippen LogP contribution in [0.15, 0.2) is 22.7 Å². The maximum atomic E-state index is 14.1. The highest BCUT2D eigenvalue weighted by molar-refractivity contribution is 9.10. The summed E-state index contributed by atoms with van der Waals surface area (Å²) in [6, 6.07) is 6.28. The van der Waals surface area contributed by atoms with E-state index in [1.54, 1.807) is 6.07 Å². The van der Waals surface area contributed by atoms with E-state index in [0.29, 0.717) is 5.41 Å². The van der Waals surface area contributed by atoms with Crippen LogP contribution in [0.4, 0.5) is 4.39 Å². The summed E-state index contributed by atoms with van der Waals surface area (Å²) in [6.45, 7) is 1.08. The molecule has 0 saturated heterocycles. The van der Waals surface area contributed by atoms with E-state index in [0.717, 1.165) is 40.9 Å².